The van der Waals surface area contributed by atoms with E-state index in [-0.39, 0.29) is 18.1 Å². The van der Waals surface area contributed by atoms with Crippen LogP contribution in [0.1, 0.15) is 6.23 Å². The molecule has 0 aromatic carbocycles. The molecule has 0 spiro atoms. The molecular formula is C9H10N3O6P. The van der Waals surface area contributed by atoms with Crippen LogP contribution in [0.15, 0.2) is 12.3 Å². The monoisotopic (exact) mass is 287 g/mol. The molecule has 0 saturated carbocycles. The number of hydrogen-bond acceptors (Lipinski definition) is 7. The number of aromatic nitrogens is 2. The molecule has 2 bridgehead atoms. The Morgan fingerprint density at radius 3 is 3.11 bits per heavy atom. The quantitative estimate of drug-likeness (QED) is 0.620. The zero-order chi connectivity index (χ0) is 13.2. The fraction of sp³-hybridized carbons (Fsp3) is 0.556. The van der Waals surface area contributed by atoms with Gasteiger partial charge in [0.2, 0.25) is 0 Å². The number of rotatable bonds is 0. The summed E-state index contributed by atoms with van der Waals surface area (Å²) in [5.41, 5.74) is 0.0667. The average molecular weight is 287 g/mol. The summed E-state index contributed by atoms with van der Waals surface area (Å²) in [6.45, 7) is 0.123. The molecule has 4 heterocycles. The Morgan fingerprint density at radius 1 is 1.47 bits per heavy atom. The van der Waals surface area contributed by atoms with Crippen LogP contribution in [0, 0.1) is 5.41 Å². The molecule has 102 valence electrons. The van der Waals surface area contributed by atoms with Crippen molar-refractivity contribution in [2.45, 2.75) is 24.5 Å². The topological polar surface area (TPSA) is 116 Å². The van der Waals surface area contributed by atoms with Gasteiger partial charge in [0, 0.05) is 6.20 Å². The summed E-state index contributed by atoms with van der Waals surface area (Å²) in [5, 5.41) is 7.47. The van der Waals surface area contributed by atoms with Gasteiger partial charge in [-0.15, -0.1) is 0 Å². The van der Waals surface area contributed by atoms with E-state index in [1.807, 2.05) is 0 Å². The van der Waals surface area contributed by atoms with Crippen LogP contribution in [0.4, 0.5) is 0 Å². The second kappa shape index (κ2) is 3.65. The SMILES string of the molecule is N=c1ccn2c(n1)OC[C@H]1O[C@@H]2[C@@H]2OP(=O)(O)O[C@@H]21. The maximum absolute atomic E-state index is 11.5. The van der Waals surface area contributed by atoms with Crippen LogP contribution in [0.5, 0.6) is 6.01 Å². The van der Waals surface area contributed by atoms with Crippen molar-refractivity contribution in [2.24, 2.45) is 0 Å². The summed E-state index contributed by atoms with van der Waals surface area (Å²) < 4.78 is 34.2. The van der Waals surface area contributed by atoms with Crippen LogP contribution >= 0.6 is 7.82 Å². The van der Waals surface area contributed by atoms with Gasteiger partial charge in [0.05, 0.1) is 0 Å². The first kappa shape index (κ1) is 11.6. The minimum Gasteiger partial charge on any atom is -0.462 e. The van der Waals surface area contributed by atoms with E-state index in [0.29, 0.717) is 0 Å². The molecule has 0 aliphatic carbocycles. The van der Waals surface area contributed by atoms with E-state index in [4.69, 9.17) is 23.9 Å². The highest BCUT2D eigenvalue weighted by Crippen LogP contribution is 2.59. The summed E-state index contributed by atoms with van der Waals surface area (Å²) in [6.07, 6.45) is -0.911. The Kier molecular flexibility index (Phi) is 2.22. The van der Waals surface area contributed by atoms with E-state index in [2.05, 4.69) is 4.98 Å². The number of ether oxygens (including phenoxy) is 2. The molecule has 2 N–H and O–H groups in total. The standard InChI is InChI=1S/C9H10N3O6P/c10-5-1-2-12-8-7-6(17-19(13,14)18-7)4(16-8)3-15-9(12)11-5/h1-2,4,6-8,10H,3H2,(H,13,14)/t4-,6-,7-,8-/m1/s1. The third kappa shape index (κ3) is 1.67. The summed E-state index contributed by atoms with van der Waals surface area (Å²) in [4.78, 5) is 13.3. The van der Waals surface area contributed by atoms with E-state index in [0.717, 1.165) is 0 Å². The van der Waals surface area contributed by atoms with Crippen LogP contribution in [0.25, 0.3) is 0 Å². The Hall–Kier alpha value is -1.25. The molecule has 4 rings (SSSR count). The Labute approximate surface area is 106 Å². The van der Waals surface area contributed by atoms with Gasteiger partial charge in [0.25, 0.3) is 0 Å². The van der Waals surface area contributed by atoms with Gasteiger partial charge in [-0.1, -0.05) is 0 Å². The Balaban J connectivity index is 1.81. The third-order valence-corrected chi connectivity index (χ3v) is 4.30. The maximum Gasteiger partial charge on any atom is 0.473 e. The summed E-state index contributed by atoms with van der Waals surface area (Å²) in [5.74, 6) is 0. The van der Waals surface area contributed by atoms with Crippen molar-refractivity contribution in [2.75, 3.05) is 6.61 Å². The molecule has 1 aromatic heterocycles. The van der Waals surface area contributed by atoms with Crippen molar-refractivity contribution in [1.82, 2.24) is 9.55 Å². The van der Waals surface area contributed by atoms with E-state index < -0.39 is 32.4 Å². The van der Waals surface area contributed by atoms with E-state index in [1.165, 1.54) is 10.6 Å². The van der Waals surface area contributed by atoms with Gasteiger partial charge in [-0.25, -0.2) is 4.57 Å². The van der Waals surface area contributed by atoms with Gasteiger partial charge in [0.1, 0.15) is 24.9 Å². The number of nitrogens with one attached hydrogen (secondary N) is 1. The van der Waals surface area contributed by atoms with Crippen molar-refractivity contribution in [3.63, 3.8) is 0 Å². The predicted octanol–water partition coefficient (Wildman–Crippen LogP) is -0.463. The van der Waals surface area contributed by atoms with E-state index in [9.17, 15) is 9.46 Å². The third-order valence-electron chi connectivity index (χ3n) is 3.28. The van der Waals surface area contributed by atoms with Crippen LogP contribution in [0.2, 0.25) is 0 Å². The molecule has 2 fully saturated rings. The van der Waals surface area contributed by atoms with Crippen molar-refractivity contribution in [1.29, 1.82) is 5.41 Å². The first-order chi connectivity index (χ1) is 9.03. The molecular weight excluding hydrogens is 277 g/mol. The van der Waals surface area contributed by atoms with Crippen LogP contribution in [-0.4, -0.2) is 39.4 Å². The largest absolute Gasteiger partial charge is 0.473 e. The lowest BCUT2D eigenvalue weighted by atomic mass is 10.1. The molecule has 1 aromatic rings. The van der Waals surface area contributed by atoms with Crippen molar-refractivity contribution < 1.29 is 28.0 Å². The zero-order valence-electron chi connectivity index (χ0n) is 9.50. The Bertz CT molecular complexity index is 647. The number of hydrogen-bond donors (Lipinski definition) is 2. The van der Waals surface area contributed by atoms with Crippen LogP contribution in [0.3, 0.4) is 0 Å². The fourth-order valence-corrected chi connectivity index (χ4v) is 3.65. The lowest BCUT2D eigenvalue weighted by Gasteiger charge is -2.20. The minimum atomic E-state index is -4.02. The predicted molar refractivity (Wildman–Crippen MR) is 57.1 cm³/mol. The number of fused-ring (bicyclic) bond motifs is 7. The van der Waals surface area contributed by atoms with Crippen molar-refractivity contribution in [3.05, 3.63) is 17.8 Å². The molecule has 3 aliphatic heterocycles. The number of phosphoric ester groups is 1. The second-order valence-electron chi connectivity index (χ2n) is 4.49. The first-order valence-electron chi connectivity index (χ1n) is 5.65. The van der Waals surface area contributed by atoms with Gasteiger partial charge >= 0.3 is 13.8 Å². The highest BCUT2D eigenvalue weighted by Gasteiger charge is 2.59. The van der Waals surface area contributed by atoms with Crippen LogP contribution in [-0.2, 0) is 18.3 Å². The lowest BCUT2D eigenvalue weighted by Crippen LogP contribution is -2.35. The average Bonchev–Trinajstić information content (AvgIpc) is 2.73. The molecule has 2 saturated heterocycles. The summed E-state index contributed by atoms with van der Waals surface area (Å²) in [7, 11) is -4.02. The maximum atomic E-state index is 11.5. The van der Waals surface area contributed by atoms with Gasteiger partial charge < -0.3 is 14.4 Å². The number of phosphoric acid groups is 1. The van der Waals surface area contributed by atoms with Gasteiger partial charge in [-0.2, -0.15) is 4.98 Å². The van der Waals surface area contributed by atoms with E-state index in [1.54, 1.807) is 6.20 Å². The zero-order valence-corrected chi connectivity index (χ0v) is 10.4. The first-order valence-corrected chi connectivity index (χ1v) is 7.15. The van der Waals surface area contributed by atoms with Gasteiger partial charge in [0.15, 0.2) is 11.7 Å². The molecule has 10 heteroatoms. The minimum absolute atomic E-state index is 0.0667. The van der Waals surface area contributed by atoms with E-state index >= 15 is 0 Å². The summed E-state index contributed by atoms with van der Waals surface area (Å²) in [6, 6.07) is 1.69. The highest BCUT2D eigenvalue weighted by molar-refractivity contribution is 7.47. The van der Waals surface area contributed by atoms with Crippen LogP contribution < -0.4 is 10.2 Å². The molecule has 3 aliphatic rings. The molecule has 0 amide bonds. The smallest absolute Gasteiger partial charge is 0.462 e. The lowest BCUT2D eigenvalue weighted by molar-refractivity contribution is -0.0393. The second-order valence-corrected chi connectivity index (χ2v) is 5.85. The van der Waals surface area contributed by atoms with Crippen molar-refractivity contribution >= 4 is 7.82 Å². The molecule has 5 atom stereocenters. The van der Waals surface area contributed by atoms with Gasteiger partial charge in [-0.3, -0.25) is 19.0 Å². The number of nitrogens with zero attached hydrogens (tertiary/aromatic N) is 2. The normalized spacial score (nSPS) is 43.2. The highest BCUT2D eigenvalue weighted by atomic mass is 31.2. The summed E-state index contributed by atoms with van der Waals surface area (Å²) >= 11 is 0. The fourth-order valence-electron chi connectivity index (χ4n) is 2.51. The molecule has 19 heavy (non-hydrogen) atoms. The van der Waals surface area contributed by atoms with Crippen molar-refractivity contribution in [3.8, 4) is 6.01 Å². The Morgan fingerprint density at radius 2 is 2.26 bits per heavy atom. The molecule has 1 unspecified atom stereocenters. The molecule has 0 radical (unpaired) electrons. The molecule has 9 nitrogen and oxygen atoms in total. The van der Waals surface area contributed by atoms with Gasteiger partial charge in [-0.05, 0) is 6.07 Å².